The maximum Gasteiger partial charge on any atom is 0.257 e. The summed E-state index contributed by atoms with van der Waals surface area (Å²) in [6.45, 7) is 2.90. The van der Waals surface area contributed by atoms with E-state index in [1.165, 1.54) is 17.3 Å². The Morgan fingerprint density at radius 2 is 1.81 bits per heavy atom. The first-order valence-corrected chi connectivity index (χ1v) is 9.64. The van der Waals surface area contributed by atoms with E-state index in [0.717, 1.165) is 30.0 Å². The van der Waals surface area contributed by atoms with Crippen molar-refractivity contribution in [3.05, 3.63) is 60.2 Å². The second-order valence-corrected chi connectivity index (χ2v) is 7.68. The number of hydrogen-bond donors (Lipinski definition) is 2. The van der Waals surface area contributed by atoms with Gasteiger partial charge in [0.25, 0.3) is 11.8 Å². The highest BCUT2D eigenvalue weighted by Gasteiger charge is 2.20. The first kappa shape index (κ1) is 18.3. The molecule has 2 amide bonds. The zero-order chi connectivity index (χ0) is 18.4. The van der Waals surface area contributed by atoms with Gasteiger partial charge in [0.2, 0.25) is 0 Å². The Labute approximate surface area is 158 Å². The number of hydrogen-bond acceptors (Lipinski definition) is 4. The number of nitrogens with zero attached hydrogens (tertiary/aromatic N) is 1. The summed E-state index contributed by atoms with van der Waals surface area (Å²) in [4.78, 5) is 27.5. The van der Waals surface area contributed by atoms with Crippen molar-refractivity contribution in [1.29, 1.82) is 0 Å². The molecule has 0 fully saturated rings. The SMILES string of the molecule is C[C@H](Sc1ccccc1)C(=O)NNC(=O)CN1CCCc2ccccc21. The molecule has 0 saturated carbocycles. The van der Waals surface area contributed by atoms with E-state index in [2.05, 4.69) is 21.8 Å². The maximum atomic E-state index is 12.2. The molecule has 1 heterocycles. The summed E-state index contributed by atoms with van der Waals surface area (Å²) in [7, 11) is 0. The molecular formula is C20H23N3O2S. The highest BCUT2D eigenvalue weighted by Crippen LogP contribution is 2.26. The van der Waals surface area contributed by atoms with E-state index in [9.17, 15) is 9.59 Å². The van der Waals surface area contributed by atoms with E-state index in [4.69, 9.17) is 0 Å². The Kier molecular flexibility index (Phi) is 6.17. The first-order chi connectivity index (χ1) is 12.6. The minimum atomic E-state index is -0.298. The molecule has 0 unspecified atom stereocenters. The largest absolute Gasteiger partial charge is 0.362 e. The summed E-state index contributed by atoms with van der Waals surface area (Å²) in [5.41, 5.74) is 7.44. The Morgan fingerprint density at radius 3 is 2.62 bits per heavy atom. The summed E-state index contributed by atoms with van der Waals surface area (Å²) < 4.78 is 0. The molecule has 0 spiro atoms. The van der Waals surface area contributed by atoms with Crippen LogP contribution in [0.2, 0.25) is 0 Å². The van der Waals surface area contributed by atoms with Crippen molar-refractivity contribution in [2.75, 3.05) is 18.0 Å². The fourth-order valence-corrected chi connectivity index (χ4v) is 3.87. The van der Waals surface area contributed by atoms with Gasteiger partial charge in [-0.05, 0) is 43.5 Å². The molecule has 3 rings (SSSR count). The molecule has 1 aliphatic heterocycles. The number of aryl methyl sites for hydroxylation is 1. The van der Waals surface area contributed by atoms with Gasteiger partial charge >= 0.3 is 0 Å². The number of benzene rings is 2. The van der Waals surface area contributed by atoms with Gasteiger partial charge in [-0.3, -0.25) is 20.4 Å². The van der Waals surface area contributed by atoms with Crippen molar-refractivity contribution in [2.45, 2.75) is 29.9 Å². The fourth-order valence-electron chi connectivity index (χ4n) is 2.98. The van der Waals surface area contributed by atoms with E-state index in [1.54, 1.807) is 0 Å². The molecule has 1 aliphatic rings. The van der Waals surface area contributed by atoms with Gasteiger partial charge in [-0.2, -0.15) is 0 Å². The number of amides is 2. The van der Waals surface area contributed by atoms with Crippen molar-refractivity contribution in [1.82, 2.24) is 10.9 Å². The average molecular weight is 369 g/mol. The monoisotopic (exact) mass is 369 g/mol. The van der Waals surface area contributed by atoms with Crippen LogP contribution in [0.3, 0.4) is 0 Å². The minimum absolute atomic E-state index is 0.216. The zero-order valence-corrected chi connectivity index (χ0v) is 15.6. The number of anilines is 1. The zero-order valence-electron chi connectivity index (χ0n) is 14.8. The van der Waals surface area contributed by atoms with E-state index in [0.29, 0.717) is 0 Å². The Hall–Kier alpha value is -2.47. The van der Waals surface area contributed by atoms with Crippen LogP contribution in [0.25, 0.3) is 0 Å². The molecule has 2 aromatic carbocycles. The number of rotatable bonds is 5. The van der Waals surface area contributed by atoms with Gasteiger partial charge in [-0.1, -0.05) is 36.4 Å². The number of hydrazine groups is 1. The maximum absolute atomic E-state index is 12.2. The summed E-state index contributed by atoms with van der Waals surface area (Å²) in [5.74, 6) is -0.432. The van der Waals surface area contributed by atoms with Crippen LogP contribution in [0.15, 0.2) is 59.5 Å². The molecular weight excluding hydrogens is 346 g/mol. The Balaban J connectivity index is 1.48. The van der Waals surface area contributed by atoms with Crippen molar-refractivity contribution < 1.29 is 9.59 Å². The number of para-hydroxylation sites is 1. The van der Waals surface area contributed by atoms with Crippen LogP contribution < -0.4 is 15.8 Å². The third kappa shape index (κ3) is 4.79. The van der Waals surface area contributed by atoms with Crippen LogP contribution in [0.5, 0.6) is 0 Å². The van der Waals surface area contributed by atoms with Crippen LogP contribution >= 0.6 is 11.8 Å². The molecule has 0 aliphatic carbocycles. The van der Waals surface area contributed by atoms with Crippen LogP contribution in [0, 0.1) is 0 Å². The van der Waals surface area contributed by atoms with Crippen LogP contribution in [-0.4, -0.2) is 30.2 Å². The van der Waals surface area contributed by atoms with Gasteiger partial charge in [-0.25, -0.2) is 0 Å². The Bertz CT molecular complexity index is 767. The van der Waals surface area contributed by atoms with Gasteiger partial charge in [0.1, 0.15) is 0 Å². The molecule has 5 nitrogen and oxygen atoms in total. The molecule has 6 heteroatoms. The van der Waals surface area contributed by atoms with E-state index in [-0.39, 0.29) is 23.6 Å². The lowest BCUT2D eigenvalue weighted by Gasteiger charge is -2.30. The predicted octanol–water partition coefficient (Wildman–Crippen LogP) is 2.77. The topological polar surface area (TPSA) is 61.4 Å². The smallest absolute Gasteiger partial charge is 0.257 e. The average Bonchev–Trinajstić information content (AvgIpc) is 2.67. The predicted molar refractivity (Wildman–Crippen MR) is 105 cm³/mol. The normalized spacial score (nSPS) is 14.3. The second-order valence-electron chi connectivity index (χ2n) is 6.26. The van der Waals surface area contributed by atoms with E-state index in [1.807, 2.05) is 55.5 Å². The van der Waals surface area contributed by atoms with Crippen molar-refractivity contribution in [3.63, 3.8) is 0 Å². The molecule has 26 heavy (non-hydrogen) atoms. The van der Waals surface area contributed by atoms with Gasteiger partial charge in [0, 0.05) is 17.1 Å². The summed E-state index contributed by atoms with van der Waals surface area (Å²) in [5, 5.41) is -0.298. The van der Waals surface area contributed by atoms with Crippen molar-refractivity contribution in [2.24, 2.45) is 0 Å². The number of carbonyl (C=O) groups is 2. The lowest BCUT2D eigenvalue weighted by molar-refractivity contribution is -0.127. The summed E-state index contributed by atoms with van der Waals surface area (Å²) in [6.07, 6.45) is 2.07. The molecule has 0 saturated heterocycles. The lowest BCUT2D eigenvalue weighted by atomic mass is 10.0. The first-order valence-electron chi connectivity index (χ1n) is 8.77. The molecule has 0 radical (unpaired) electrons. The molecule has 0 bridgehead atoms. The van der Waals surface area contributed by atoms with Crippen molar-refractivity contribution >= 4 is 29.3 Å². The minimum Gasteiger partial charge on any atom is -0.362 e. The third-order valence-corrected chi connectivity index (χ3v) is 5.40. The van der Waals surface area contributed by atoms with E-state index >= 15 is 0 Å². The fraction of sp³-hybridized carbons (Fsp3) is 0.300. The van der Waals surface area contributed by atoms with Crippen LogP contribution in [-0.2, 0) is 16.0 Å². The summed E-state index contributed by atoms with van der Waals surface area (Å²) in [6, 6.07) is 17.9. The second kappa shape index (κ2) is 8.76. The molecule has 2 N–H and O–H groups in total. The molecule has 1 atom stereocenters. The molecule has 0 aromatic heterocycles. The number of fused-ring (bicyclic) bond motifs is 1. The highest BCUT2D eigenvalue weighted by atomic mass is 32.2. The standard InChI is InChI=1S/C20H23N3O2S/c1-15(26-17-10-3-2-4-11-17)20(25)22-21-19(24)14-23-13-7-9-16-8-5-6-12-18(16)23/h2-6,8,10-12,15H,7,9,13-14H2,1H3,(H,21,24)(H,22,25)/t15-/m0/s1. The van der Waals surface area contributed by atoms with Crippen LogP contribution in [0.4, 0.5) is 5.69 Å². The lowest BCUT2D eigenvalue weighted by Crippen LogP contribution is -2.49. The summed E-state index contributed by atoms with van der Waals surface area (Å²) >= 11 is 1.46. The highest BCUT2D eigenvalue weighted by molar-refractivity contribution is 8.00. The van der Waals surface area contributed by atoms with Gasteiger partial charge in [0.15, 0.2) is 0 Å². The van der Waals surface area contributed by atoms with Gasteiger partial charge in [-0.15, -0.1) is 11.8 Å². The van der Waals surface area contributed by atoms with E-state index < -0.39 is 0 Å². The number of nitrogens with one attached hydrogen (secondary N) is 2. The third-order valence-electron chi connectivity index (χ3n) is 4.29. The number of carbonyl (C=O) groups excluding carboxylic acids is 2. The van der Waals surface area contributed by atoms with Gasteiger partial charge in [0.05, 0.1) is 11.8 Å². The van der Waals surface area contributed by atoms with Crippen molar-refractivity contribution in [3.8, 4) is 0 Å². The van der Waals surface area contributed by atoms with Gasteiger partial charge < -0.3 is 4.90 Å². The van der Waals surface area contributed by atoms with Crippen LogP contribution in [0.1, 0.15) is 18.9 Å². The molecule has 2 aromatic rings. The Morgan fingerprint density at radius 1 is 1.08 bits per heavy atom. The molecule has 136 valence electrons. The number of thioether (sulfide) groups is 1. The quantitative estimate of drug-likeness (QED) is 0.628.